The number of amides is 4. The summed E-state index contributed by atoms with van der Waals surface area (Å²) in [6, 6.07) is 6.53. The maximum Gasteiger partial charge on any atom is 0.325 e. The van der Waals surface area contributed by atoms with E-state index in [2.05, 4.69) is 10.6 Å². The zero-order valence-corrected chi connectivity index (χ0v) is 16.0. The van der Waals surface area contributed by atoms with E-state index in [0.29, 0.717) is 11.6 Å². The van der Waals surface area contributed by atoms with Gasteiger partial charge in [-0.25, -0.2) is 4.79 Å². The highest BCUT2D eigenvalue weighted by molar-refractivity contribution is 6.30. The van der Waals surface area contributed by atoms with Gasteiger partial charge in [0, 0.05) is 24.5 Å². The number of carbonyl (C=O) groups is 4. The van der Waals surface area contributed by atoms with Gasteiger partial charge in [0.2, 0.25) is 0 Å². The van der Waals surface area contributed by atoms with Gasteiger partial charge in [-0.05, 0) is 38.0 Å². The van der Waals surface area contributed by atoms with E-state index in [1.165, 1.54) is 0 Å². The van der Waals surface area contributed by atoms with Crippen molar-refractivity contribution in [2.24, 2.45) is 0 Å². The topological polar surface area (TPSA) is 105 Å². The molecule has 27 heavy (non-hydrogen) atoms. The number of benzene rings is 1. The minimum Gasteiger partial charge on any atom is -0.456 e. The van der Waals surface area contributed by atoms with Gasteiger partial charge in [-0.2, -0.15) is 0 Å². The number of rotatable bonds is 8. The zero-order valence-electron chi connectivity index (χ0n) is 15.2. The molecule has 1 aromatic rings. The van der Waals surface area contributed by atoms with Crippen LogP contribution in [0.15, 0.2) is 24.3 Å². The Morgan fingerprint density at radius 1 is 1.22 bits per heavy atom. The number of nitrogens with one attached hydrogen (secondary N) is 2. The molecule has 1 aromatic carbocycles. The molecule has 0 saturated carbocycles. The molecule has 146 valence electrons. The van der Waals surface area contributed by atoms with Crippen LogP contribution in [0.5, 0.6) is 0 Å². The van der Waals surface area contributed by atoms with Crippen LogP contribution < -0.4 is 10.6 Å². The SMILES string of the molecule is CC1(C)NC(=O)N(CCCC(=O)OCC(=O)NCc2ccc(Cl)cc2)C1=O. The van der Waals surface area contributed by atoms with Crippen LogP contribution in [0.25, 0.3) is 0 Å². The summed E-state index contributed by atoms with van der Waals surface area (Å²) in [4.78, 5) is 48.2. The number of nitrogens with zero attached hydrogens (tertiary/aromatic N) is 1. The van der Waals surface area contributed by atoms with E-state index in [1.807, 2.05) is 0 Å². The molecule has 1 fully saturated rings. The van der Waals surface area contributed by atoms with Crippen LogP contribution in [0.3, 0.4) is 0 Å². The minimum absolute atomic E-state index is 0.00194. The standard InChI is InChI=1S/C18H22ClN3O5/c1-18(2)16(25)22(17(26)21-18)9-3-4-15(24)27-11-14(23)20-10-12-5-7-13(19)8-6-12/h5-8H,3-4,9-11H2,1-2H3,(H,20,23)(H,21,26). The molecular weight excluding hydrogens is 374 g/mol. The van der Waals surface area contributed by atoms with Crippen LogP contribution in [0.1, 0.15) is 32.3 Å². The van der Waals surface area contributed by atoms with Gasteiger partial charge in [-0.1, -0.05) is 23.7 Å². The van der Waals surface area contributed by atoms with Gasteiger partial charge in [0.15, 0.2) is 6.61 Å². The van der Waals surface area contributed by atoms with Gasteiger partial charge in [0.05, 0.1) is 0 Å². The van der Waals surface area contributed by atoms with Gasteiger partial charge in [-0.3, -0.25) is 19.3 Å². The smallest absolute Gasteiger partial charge is 0.325 e. The Bertz CT molecular complexity index is 733. The summed E-state index contributed by atoms with van der Waals surface area (Å²) in [5, 5.41) is 5.80. The Balaban J connectivity index is 1.63. The summed E-state index contributed by atoms with van der Waals surface area (Å²) in [7, 11) is 0. The summed E-state index contributed by atoms with van der Waals surface area (Å²) >= 11 is 5.78. The summed E-state index contributed by atoms with van der Waals surface area (Å²) < 4.78 is 4.89. The first-order valence-electron chi connectivity index (χ1n) is 8.50. The molecule has 1 saturated heterocycles. The molecule has 0 aromatic heterocycles. The van der Waals surface area contributed by atoms with E-state index >= 15 is 0 Å². The van der Waals surface area contributed by atoms with E-state index in [9.17, 15) is 19.2 Å². The van der Waals surface area contributed by atoms with Crippen LogP contribution in [-0.4, -0.2) is 47.4 Å². The van der Waals surface area contributed by atoms with Gasteiger partial charge < -0.3 is 15.4 Å². The van der Waals surface area contributed by atoms with Crippen LogP contribution in [0.2, 0.25) is 5.02 Å². The fraction of sp³-hybridized carbons (Fsp3) is 0.444. The van der Waals surface area contributed by atoms with E-state index in [0.717, 1.165) is 10.5 Å². The summed E-state index contributed by atoms with van der Waals surface area (Å²) in [6.07, 6.45) is 0.266. The normalized spacial score (nSPS) is 15.4. The number of carbonyl (C=O) groups excluding carboxylic acids is 4. The third-order valence-corrected chi connectivity index (χ3v) is 4.23. The number of hydrogen-bond donors (Lipinski definition) is 2. The third-order valence-electron chi connectivity index (χ3n) is 3.97. The molecule has 1 aliphatic heterocycles. The number of imide groups is 1. The number of urea groups is 1. The predicted molar refractivity (Wildman–Crippen MR) is 97.8 cm³/mol. The molecule has 9 heteroatoms. The van der Waals surface area contributed by atoms with E-state index < -0.39 is 23.4 Å². The van der Waals surface area contributed by atoms with Crippen molar-refractivity contribution in [1.82, 2.24) is 15.5 Å². The first-order valence-corrected chi connectivity index (χ1v) is 8.88. The van der Waals surface area contributed by atoms with Gasteiger partial charge in [0.25, 0.3) is 11.8 Å². The fourth-order valence-corrected chi connectivity index (χ4v) is 2.60. The lowest BCUT2D eigenvalue weighted by Crippen LogP contribution is -2.40. The first kappa shape index (κ1) is 20.7. The molecule has 0 atom stereocenters. The van der Waals surface area contributed by atoms with Crippen molar-refractivity contribution in [2.45, 2.75) is 38.8 Å². The third kappa shape index (κ3) is 5.96. The van der Waals surface area contributed by atoms with Crippen molar-refractivity contribution in [1.29, 1.82) is 0 Å². The Morgan fingerprint density at radius 3 is 2.48 bits per heavy atom. The molecular formula is C18H22ClN3O5. The molecule has 0 bridgehead atoms. The van der Waals surface area contributed by atoms with Crippen molar-refractivity contribution in [3.63, 3.8) is 0 Å². The summed E-state index contributed by atoms with van der Waals surface area (Å²) in [6.45, 7) is 3.26. The second-order valence-electron chi connectivity index (χ2n) is 6.68. The Labute approximate surface area is 162 Å². The molecule has 0 spiro atoms. The number of halogens is 1. The maximum absolute atomic E-state index is 12.0. The quantitative estimate of drug-likeness (QED) is 0.514. The highest BCUT2D eigenvalue weighted by atomic mass is 35.5. The van der Waals surface area contributed by atoms with Crippen LogP contribution in [0, 0.1) is 0 Å². The first-order chi connectivity index (χ1) is 12.7. The molecule has 2 rings (SSSR count). The van der Waals surface area contributed by atoms with Crippen molar-refractivity contribution < 1.29 is 23.9 Å². The highest BCUT2D eigenvalue weighted by Gasteiger charge is 2.43. The number of esters is 1. The number of ether oxygens (including phenoxy) is 1. The second-order valence-corrected chi connectivity index (χ2v) is 7.12. The van der Waals surface area contributed by atoms with Crippen molar-refractivity contribution in [3.8, 4) is 0 Å². The van der Waals surface area contributed by atoms with E-state index in [1.54, 1.807) is 38.1 Å². The van der Waals surface area contributed by atoms with E-state index in [4.69, 9.17) is 16.3 Å². The molecule has 0 aliphatic carbocycles. The van der Waals surface area contributed by atoms with Crippen LogP contribution >= 0.6 is 11.6 Å². The molecule has 1 aliphatic rings. The largest absolute Gasteiger partial charge is 0.456 e. The maximum atomic E-state index is 12.0. The highest BCUT2D eigenvalue weighted by Crippen LogP contribution is 2.17. The second kappa shape index (κ2) is 8.85. The minimum atomic E-state index is -0.931. The molecule has 0 radical (unpaired) electrons. The van der Waals surface area contributed by atoms with E-state index in [-0.39, 0.29) is 31.9 Å². The molecule has 2 N–H and O–H groups in total. The molecule has 1 heterocycles. The van der Waals surface area contributed by atoms with Crippen molar-refractivity contribution in [3.05, 3.63) is 34.9 Å². The van der Waals surface area contributed by atoms with Crippen LogP contribution in [0.4, 0.5) is 4.79 Å². The van der Waals surface area contributed by atoms with Gasteiger partial charge in [-0.15, -0.1) is 0 Å². The Hall–Kier alpha value is -2.61. The fourth-order valence-electron chi connectivity index (χ4n) is 2.47. The van der Waals surface area contributed by atoms with Crippen molar-refractivity contribution >= 4 is 35.4 Å². The predicted octanol–water partition coefficient (Wildman–Crippen LogP) is 1.61. The molecule has 0 unspecified atom stereocenters. The zero-order chi connectivity index (χ0) is 20.0. The lowest BCUT2D eigenvalue weighted by Gasteiger charge is -2.15. The number of hydrogen-bond acceptors (Lipinski definition) is 5. The average molecular weight is 396 g/mol. The van der Waals surface area contributed by atoms with Crippen molar-refractivity contribution in [2.75, 3.05) is 13.2 Å². The van der Waals surface area contributed by atoms with Gasteiger partial charge >= 0.3 is 12.0 Å². The lowest BCUT2D eigenvalue weighted by atomic mass is 10.1. The summed E-state index contributed by atoms with van der Waals surface area (Å²) in [5.41, 5.74) is -0.0599. The molecule has 4 amide bonds. The average Bonchev–Trinajstić information content (AvgIpc) is 2.81. The Kier molecular flexibility index (Phi) is 6.79. The monoisotopic (exact) mass is 395 g/mol. The van der Waals surface area contributed by atoms with Crippen LogP contribution in [-0.2, 0) is 25.7 Å². The summed E-state index contributed by atoms with van der Waals surface area (Å²) in [5.74, 6) is -1.32. The molecule has 8 nitrogen and oxygen atoms in total. The van der Waals surface area contributed by atoms with Gasteiger partial charge in [0.1, 0.15) is 5.54 Å². The lowest BCUT2D eigenvalue weighted by molar-refractivity contribution is -0.148. The Morgan fingerprint density at radius 2 is 1.89 bits per heavy atom.